The van der Waals surface area contributed by atoms with Crippen LogP contribution in [0.4, 0.5) is 0 Å². The Morgan fingerprint density at radius 2 is 2.04 bits per heavy atom. The van der Waals surface area contributed by atoms with Crippen molar-refractivity contribution < 1.29 is 19.5 Å². The van der Waals surface area contributed by atoms with Crippen molar-refractivity contribution in [3.8, 4) is 0 Å². The third-order valence-corrected chi connectivity index (χ3v) is 6.52. The molecular weight excluding hydrogens is 387 g/mol. The standard InChI is InChI=1S/C16H16Cl2N2O4S/c1-16(2)12(15(23)24)20-13(22)11(14(20)25-16)19-10(21)5-7-3-4-8(17)6-9(7)18/h3-4,6,11-12,14H,5H2,1-2H3,(H,19,21)(H,23,24). The smallest absolute Gasteiger partial charge is 0.327 e. The van der Waals surface area contributed by atoms with Gasteiger partial charge in [0, 0.05) is 14.8 Å². The van der Waals surface area contributed by atoms with E-state index in [1.165, 1.54) is 16.7 Å². The number of nitrogens with zero attached hydrogens (tertiary/aromatic N) is 1. The molecule has 2 heterocycles. The fraction of sp³-hybridized carbons (Fsp3) is 0.438. The summed E-state index contributed by atoms with van der Waals surface area (Å²) in [7, 11) is 0. The van der Waals surface area contributed by atoms with Gasteiger partial charge in [0.1, 0.15) is 17.5 Å². The summed E-state index contributed by atoms with van der Waals surface area (Å²) in [6.07, 6.45) is 0.0168. The highest BCUT2D eigenvalue weighted by Gasteiger charge is 2.64. The first kappa shape index (κ1) is 18.4. The maximum Gasteiger partial charge on any atom is 0.327 e. The van der Waals surface area contributed by atoms with Gasteiger partial charge >= 0.3 is 5.97 Å². The zero-order valence-corrected chi connectivity index (χ0v) is 15.8. The minimum absolute atomic E-state index is 0.0168. The van der Waals surface area contributed by atoms with E-state index in [2.05, 4.69) is 5.32 Å². The van der Waals surface area contributed by atoms with Crippen molar-refractivity contribution in [1.29, 1.82) is 0 Å². The van der Waals surface area contributed by atoms with E-state index in [1.54, 1.807) is 32.0 Å². The second-order valence-electron chi connectivity index (χ2n) is 6.56. The van der Waals surface area contributed by atoms with Crippen molar-refractivity contribution in [2.45, 2.75) is 42.5 Å². The molecule has 2 N–H and O–H groups in total. The van der Waals surface area contributed by atoms with Crippen LogP contribution < -0.4 is 5.32 Å². The molecule has 0 aromatic heterocycles. The first-order valence-electron chi connectivity index (χ1n) is 7.58. The average molecular weight is 403 g/mol. The number of aliphatic carboxylic acids is 1. The molecular formula is C16H16Cl2N2O4S. The normalized spacial score (nSPS) is 26.8. The van der Waals surface area contributed by atoms with Crippen LogP contribution >= 0.6 is 35.0 Å². The number of benzene rings is 1. The number of β-lactam (4-membered cyclic amide) rings is 1. The Labute approximate surface area is 158 Å². The summed E-state index contributed by atoms with van der Waals surface area (Å²) >= 11 is 13.3. The number of nitrogens with one attached hydrogen (secondary N) is 1. The number of carbonyl (C=O) groups excluding carboxylic acids is 2. The second kappa shape index (κ2) is 6.37. The van der Waals surface area contributed by atoms with Gasteiger partial charge in [-0.2, -0.15) is 0 Å². The van der Waals surface area contributed by atoms with Gasteiger partial charge in [0.15, 0.2) is 0 Å². The van der Waals surface area contributed by atoms with E-state index in [9.17, 15) is 19.5 Å². The Morgan fingerprint density at radius 1 is 1.36 bits per heavy atom. The Hall–Kier alpha value is -1.44. The Bertz CT molecular complexity index is 771. The summed E-state index contributed by atoms with van der Waals surface area (Å²) in [5.41, 5.74) is 0.606. The van der Waals surface area contributed by atoms with E-state index in [0.717, 1.165) is 0 Å². The molecule has 9 heteroatoms. The first-order chi connectivity index (χ1) is 11.6. The molecule has 3 atom stereocenters. The predicted molar refractivity (Wildman–Crippen MR) is 95.8 cm³/mol. The molecule has 134 valence electrons. The van der Waals surface area contributed by atoms with Gasteiger partial charge in [0.25, 0.3) is 0 Å². The minimum atomic E-state index is -1.04. The summed E-state index contributed by atoms with van der Waals surface area (Å²) in [5, 5.41) is 12.6. The molecule has 0 spiro atoms. The predicted octanol–water partition coefficient (Wildman–Crippen LogP) is 2.17. The molecule has 2 amide bonds. The lowest BCUT2D eigenvalue weighted by Gasteiger charge is -2.43. The average Bonchev–Trinajstić information content (AvgIpc) is 2.76. The zero-order chi connectivity index (χ0) is 18.5. The van der Waals surface area contributed by atoms with E-state index in [4.69, 9.17) is 23.2 Å². The van der Waals surface area contributed by atoms with E-state index in [0.29, 0.717) is 15.6 Å². The Balaban J connectivity index is 1.68. The second-order valence-corrected chi connectivity index (χ2v) is 9.17. The van der Waals surface area contributed by atoms with Crippen LogP contribution in [0.25, 0.3) is 0 Å². The van der Waals surface area contributed by atoms with Crippen molar-refractivity contribution in [2.24, 2.45) is 0 Å². The lowest BCUT2D eigenvalue weighted by molar-refractivity contribution is -0.161. The summed E-state index contributed by atoms with van der Waals surface area (Å²) < 4.78 is -0.620. The van der Waals surface area contributed by atoms with Crippen LogP contribution in [0.5, 0.6) is 0 Å². The molecule has 2 saturated heterocycles. The van der Waals surface area contributed by atoms with Gasteiger partial charge in [0.2, 0.25) is 11.8 Å². The quantitative estimate of drug-likeness (QED) is 0.753. The number of thioether (sulfide) groups is 1. The van der Waals surface area contributed by atoms with E-state index >= 15 is 0 Å². The number of hydrogen-bond acceptors (Lipinski definition) is 4. The Morgan fingerprint density at radius 3 is 2.64 bits per heavy atom. The largest absolute Gasteiger partial charge is 0.480 e. The van der Waals surface area contributed by atoms with E-state index in [1.807, 2.05) is 0 Å². The number of carboxylic acid groups (broad SMARTS) is 1. The summed E-state index contributed by atoms with van der Waals surface area (Å²) in [6.45, 7) is 3.57. The van der Waals surface area contributed by atoms with Crippen LogP contribution in [0.2, 0.25) is 10.0 Å². The maximum atomic E-state index is 12.3. The molecule has 1 aromatic carbocycles. The minimum Gasteiger partial charge on any atom is -0.480 e. The van der Waals surface area contributed by atoms with Crippen LogP contribution in [0.1, 0.15) is 19.4 Å². The number of halogens is 2. The molecule has 1 aromatic rings. The van der Waals surface area contributed by atoms with Crippen molar-refractivity contribution in [2.75, 3.05) is 0 Å². The third kappa shape index (κ3) is 3.20. The first-order valence-corrected chi connectivity index (χ1v) is 9.21. The topological polar surface area (TPSA) is 86.7 Å². The highest BCUT2D eigenvalue weighted by Crippen LogP contribution is 2.50. The highest BCUT2D eigenvalue weighted by atomic mass is 35.5. The van der Waals surface area contributed by atoms with Gasteiger partial charge in [-0.1, -0.05) is 29.3 Å². The summed E-state index contributed by atoms with van der Waals surface area (Å²) in [4.78, 5) is 37.4. The summed E-state index contributed by atoms with van der Waals surface area (Å²) in [5.74, 6) is -1.75. The highest BCUT2D eigenvalue weighted by molar-refractivity contribution is 8.01. The van der Waals surface area contributed by atoms with E-state index < -0.39 is 22.8 Å². The van der Waals surface area contributed by atoms with Crippen LogP contribution in [0, 0.1) is 0 Å². The van der Waals surface area contributed by atoms with Gasteiger partial charge in [-0.3, -0.25) is 9.59 Å². The van der Waals surface area contributed by atoms with Gasteiger partial charge in [0.05, 0.1) is 6.42 Å². The van der Waals surface area contributed by atoms with Crippen molar-refractivity contribution in [3.05, 3.63) is 33.8 Å². The lowest BCUT2D eigenvalue weighted by atomic mass is 9.96. The molecule has 3 rings (SSSR count). The third-order valence-electron chi connectivity index (χ3n) is 4.36. The molecule has 2 fully saturated rings. The monoisotopic (exact) mass is 402 g/mol. The molecule has 0 radical (unpaired) electrons. The van der Waals surface area contributed by atoms with Gasteiger partial charge < -0.3 is 15.3 Å². The van der Waals surface area contributed by atoms with Crippen LogP contribution in [0.3, 0.4) is 0 Å². The SMILES string of the molecule is CC1(C)SC2C(NC(=O)Cc3ccc(Cl)cc3Cl)C(=O)N2C1C(=O)O. The fourth-order valence-corrected chi connectivity index (χ4v) is 5.31. The van der Waals surface area contributed by atoms with Crippen LogP contribution in [-0.2, 0) is 20.8 Å². The zero-order valence-electron chi connectivity index (χ0n) is 13.5. The number of hydrogen-bond donors (Lipinski definition) is 2. The fourth-order valence-electron chi connectivity index (χ4n) is 3.21. The number of carbonyl (C=O) groups is 3. The lowest BCUT2D eigenvalue weighted by Crippen LogP contribution is -2.70. The van der Waals surface area contributed by atoms with Crippen LogP contribution in [-0.4, -0.2) is 50.0 Å². The number of fused-ring (bicyclic) bond motifs is 1. The van der Waals surface area contributed by atoms with Gasteiger partial charge in [-0.25, -0.2) is 4.79 Å². The molecule has 3 unspecified atom stereocenters. The van der Waals surface area contributed by atoms with Crippen molar-refractivity contribution in [1.82, 2.24) is 10.2 Å². The Kier molecular flexibility index (Phi) is 4.68. The van der Waals surface area contributed by atoms with Gasteiger partial charge in [-0.05, 0) is 31.5 Å². The van der Waals surface area contributed by atoms with E-state index in [-0.39, 0.29) is 23.6 Å². The molecule has 0 saturated carbocycles. The molecule has 6 nitrogen and oxygen atoms in total. The van der Waals surface area contributed by atoms with Crippen molar-refractivity contribution >= 4 is 52.7 Å². The summed E-state index contributed by atoms with van der Waals surface area (Å²) in [6, 6.07) is 3.24. The number of rotatable bonds is 4. The van der Waals surface area contributed by atoms with Crippen LogP contribution in [0.15, 0.2) is 18.2 Å². The molecule has 2 aliphatic rings. The number of carboxylic acids is 1. The van der Waals surface area contributed by atoms with Gasteiger partial charge in [-0.15, -0.1) is 11.8 Å². The maximum absolute atomic E-state index is 12.3. The van der Waals surface area contributed by atoms with Crippen molar-refractivity contribution in [3.63, 3.8) is 0 Å². The molecule has 0 bridgehead atoms. The molecule has 2 aliphatic heterocycles. The molecule has 25 heavy (non-hydrogen) atoms. The number of amides is 2. The molecule has 0 aliphatic carbocycles.